The highest BCUT2D eigenvalue weighted by Gasteiger charge is 2.35. The van der Waals surface area contributed by atoms with Gasteiger partial charge in [0.1, 0.15) is 18.5 Å². The number of rotatable bonds is 5. The van der Waals surface area contributed by atoms with Crippen LogP contribution in [0.25, 0.3) is 0 Å². The summed E-state index contributed by atoms with van der Waals surface area (Å²) in [4.78, 5) is 36.3. The maximum atomic E-state index is 13.9. The third-order valence-corrected chi connectivity index (χ3v) is 4.41. The Morgan fingerprint density at radius 2 is 2.00 bits per heavy atom. The summed E-state index contributed by atoms with van der Waals surface area (Å²) in [6, 6.07) is 11.1. The molecule has 8 nitrogen and oxygen atoms in total. The molecule has 0 spiro atoms. The molecule has 1 aliphatic heterocycles. The maximum Gasteiger partial charge on any atom is 0.410 e. The van der Waals surface area contributed by atoms with Crippen LogP contribution >= 0.6 is 0 Å². The molecule has 2 aromatic carbocycles. The Hall–Kier alpha value is -3.49. The highest BCUT2D eigenvalue weighted by atomic mass is 19.1. The fourth-order valence-electron chi connectivity index (χ4n) is 3.00. The van der Waals surface area contributed by atoms with Crippen LogP contribution in [0.3, 0.4) is 0 Å². The van der Waals surface area contributed by atoms with Crippen molar-refractivity contribution in [2.45, 2.75) is 25.5 Å². The Morgan fingerprint density at radius 1 is 1.25 bits per heavy atom. The molecule has 2 aromatic rings. The van der Waals surface area contributed by atoms with E-state index in [1.54, 1.807) is 0 Å². The molecule has 9 heteroatoms. The van der Waals surface area contributed by atoms with Crippen LogP contribution in [0, 0.1) is 15.9 Å². The van der Waals surface area contributed by atoms with Crippen molar-refractivity contribution in [3.05, 3.63) is 70.0 Å². The molecule has 1 saturated heterocycles. The topological polar surface area (TPSA) is 102 Å². The molecule has 1 atom stereocenters. The number of amides is 2. The first-order valence-electron chi connectivity index (χ1n) is 8.68. The summed E-state index contributed by atoms with van der Waals surface area (Å²) in [7, 11) is 0. The molecule has 3 rings (SSSR count). The van der Waals surface area contributed by atoms with E-state index in [9.17, 15) is 24.1 Å². The number of non-ortho nitro benzene ring substituents is 1. The van der Waals surface area contributed by atoms with Crippen LogP contribution in [0.15, 0.2) is 48.5 Å². The molecule has 0 radical (unpaired) electrons. The van der Waals surface area contributed by atoms with E-state index >= 15 is 0 Å². The number of benzene rings is 2. The third kappa shape index (κ3) is 4.43. The SMILES string of the molecule is O=C(Nc1cc([N+](=O)[O-])ccc1F)[C@H]1CCCN1C(=O)OCc1ccccc1. The lowest BCUT2D eigenvalue weighted by atomic mass is 10.2. The fourth-order valence-corrected chi connectivity index (χ4v) is 3.00. The molecule has 1 N–H and O–H groups in total. The number of nitrogens with one attached hydrogen (secondary N) is 1. The van der Waals surface area contributed by atoms with Crippen LogP contribution in [-0.2, 0) is 16.1 Å². The van der Waals surface area contributed by atoms with E-state index in [-0.39, 0.29) is 18.0 Å². The van der Waals surface area contributed by atoms with Crippen molar-refractivity contribution in [1.29, 1.82) is 0 Å². The number of halogens is 1. The quantitative estimate of drug-likeness (QED) is 0.625. The Balaban J connectivity index is 1.65. The van der Waals surface area contributed by atoms with E-state index in [0.29, 0.717) is 19.4 Å². The van der Waals surface area contributed by atoms with Crippen molar-refractivity contribution in [3.8, 4) is 0 Å². The standard InChI is InChI=1S/C19H18FN3O5/c20-15-9-8-14(23(26)27)11-16(15)21-18(24)17-7-4-10-22(17)19(25)28-12-13-5-2-1-3-6-13/h1-3,5-6,8-9,11,17H,4,7,10,12H2,(H,21,24)/t17-/m1/s1. The zero-order valence-corrected chi connectivity index (χ0v) is 14.8. The number of hydrogen-bond acceptors (Lipinski definition) is 5. The zero-order chi connectivity index (χ0) is 20.1. The fraction of sp³-hybridized carbons (Fsp3) is 0.263. The van der Waals surface area contributed by atoms with E-state index in [2.05, 4.69) is 5.32 Å². The Morgan fingerprint density at radius 3 is 2.71 bits per heavy atom. The normalized spacial score (nSPS) is 15.9. The van der Waals surface area contributed by atoms with E-state index < -0.39 is 28.8 Å². The van der Waals surface area contributed by atoms with Gasteiger partial charge in [-0.2, -0.15) is 0 Å². The van der Waals surface area contributed by atoms with Crippen molar-refractivity contribution in [2.24, 2.45) is 0 Å². The number of carbonyl (C=O) groups is 2. The molecular formula is C19H18FN3O5. The number of nitro groups is 1. The minimum absolute atomic E-state index is 0.0734. The molecule has 1 heterocycles. The summed E-state index contributed by atoms with van der Waals surface area (Å²) in [6.45, 7) is 0.410. The van der Waals surface area contributed by atoms with Gasteiger partial charge in [0.25, 0.3) is 5.69 Å². The molecule has 1 fully saturated rings. The number of ether oxygens (including phenoxy) is 1. The van der Waals surface area contributed by atoms with Crippen LogP contribution < -0.4 is 5.32 Å². The van der Waals surface area contributed by atoms with Gasteiger partial charge in [0.15, 0.2) is 0 Å². The smallest absolute Gasteiger partial charge is 0.410 e. The first kappa shape index (κ1) is 19.3. The summed E-state index contributed by atoms with van der Waals surface area (Å²) < 4.78 is 19.2. The van der Waals surface area contributed by atoms with Gasteiger partial charge < -0.3 is 10.1 Å². The van der Waals surface area contributed by atoms with Gasteiger partial charge in [-0.25, -0.2) is 9.18 Å². The largest absolute Gasteiger partial charge is 0.445 e. The molecule has 0 aromatic heterocycles. The number of nitrogens with zero attached hydrogens (tertiary/aromatic N) is 2. The average molecular weight is 387 g/mol. The molecule has 2 amide bonds. The lowest BCUT2D eigenvalue weighted by molar-refractivity contribution is -0.384. The van der Waals surface area contributed by atoms with Gasteiger partial charge in [0, 0.05) is 18.7 Å². The molecule has 1 aliphatic rings. The summed E-state index contributed by atoms with van der Waals surface area (Å²) in [5, 5.41) is 13.2. The second-order valence-electron chi connectivity index (χ2n) is 6.30. The predicted octanol–water partition coefficient (Wildman–Crippen LogP) is 3.47. The Bertz CT molecular complexity index is 890. The summed E-state index contributed by atoms with van der Waals surface area (Å²) in [6.07, 6.45) is 0.347. The number of likely N-dealkylation sites (tertiary alicyclic amines) is 1. The maximum absolute atomic E-state index is 13.9. The first-order valence-corrected chi connectivity index (χ1v) is 8.68. The Labute approximate surface area is 160 Å². The van der Waals surface area contributed by atoms with Crippen molar-refractivity contribution < 1.29 is 23.6 Å². The number of carbonyl (C=O) groups excluding carboxylic acids is 2. The lowest BCUT2D eigenvalue weighted by Gasteiger charge is -2.23. The van der Waals surface area contributed by atoms with Crippen LogP contribution in [0.5, 0.6) is 0 Å². The molecule has 0 aliphatic carbocycles. The van der Waals surface area contributed by atoms with Crippen molar-refractivity contribution in [1.82, 2.24) is 4.90 Å². The second kappa shape index (κ2) is 8.47. The average Bonchev–Trinajstić information content (AvgIpc) is 3.18. The van der Waals surface area contributed by atoms with Crippen LogP contribution in [0.1, 0.15) is 18.4 Å². The van der Waals surface area contributed by atoms with Crippen molar-refractivity contribution in [2.75, 3.05) is 11.9 Å². The highest BCUT2D eigenvalue weighted by Crippen LogP contribution is 2.24. The molecule has 0 unspecified atom stereocenters. The molecule has 0 bridgehead atoms. The van der Waals surface area contributed by atoms with E-state index in [1.165, 1.54) is 4.90 Å². The van der Waals surface area contributed by atoms with E-state index in [4.69, 9.17) is 4.74 Å². The summed E-state index contributed by atoms with van der Waals surface area (Å²) in [5.41, 5.74) is 0.167. The van der Waals surface area contributed by atoms with E-state index in [1.807, 2.05) is 30.3 Å². The molecule has 146 valence electrons. The Kier molecular flexibility index (Phi) is 5.83. The zero-order valence-electron chi connectivity index (χ0n) is 14.8. The second-order valence-corrected chi connectivity index (χ2v) is 6.30. The molecular weight excluding hydrogens is 369 g/mol. The minimum Gasteiger partial charge on any atom is -0.445 e. The monoisotopic (exact) mass is 387 g/mol. The third-order valence-electron chi connectivity index (χ3n) is 4.41. The number of anilines is 1. The summed E-state index contributed by atoms with van der Waals surface area (Å²) in [5.74, 6) is -1.41. The van der Waals surface area contributed by atoms with Crippen molar-refractivity contribution >= 4 is 23.4 Å². The van der Waals surface area contributed by atoms with Crippen LogP contribution in [0.4, 0.5) is 20.6 Å². The molecule has 0 saturated carbocycles. The first-order chi connectivity index (χ1) is 13.5. The summed E-state index contributed by atoms with van der Waals surface area (Å²) >= 11 is 0. The predicted molar refractivity (Wildman–Crippen MR) is 98.0 cm³/mol. The van der Waals surface area contributed by atoms with Crippen molar-refractivity contribution in [3.63, 3.8) is 0 Å². The lowest BCUT2D eigenvalue weighted by Crippen LogP contribution is -2.43. The van der Waals surface area contributed by atoms with Gasteiger partial charge in [-0.1, -0.05) is 30.3 Å². The number of nitro benzene ring substituents is 1. The van der Waals surface area contributed by atoms with Gasteiger partial charge in [0.2, 0.25) is 5.91 Å². The van der Waals surface area contributed by atoms with Crippen LogP contribution in [0.2, 0.25) is 0 Å². The molecule has 28 heavy (non-hydrogen) atoms. The van der Waals surface area contributed by atoms with Gasteiger partial charge in [-0.05, 0) is 24.5 Å². The number of hydrogen-bond donors (Lipinski definition) is 1. The van der Waals surface area contributed by atoms with Gasteiger partial charge in [-0.3, -0.25) is 19.8 Å². The minimum atomic E-state index is -0.832. The highest BCUT2D eigenvalue weighted by molar-refractivity contribution is 5.97. The van der Waals surface area contributed by atoms with Gasteiger partial charge in [0.05, 0.1) is 10.6 Å². The van der Waals surface area contributed by atoms with Crippen LogP contribution in [-0.4, -0.2) is 34.4 Å². The van der Waals surface area contributed by atoms with Gasteiger partial charge >= 0.3 is 6.09 Å². The van der Waals surface area contributed by atoms with E-state index in [0.717, 1.165) is 23.8 Å². The van der Waals surface area contributed by atoms with Gasteiger partial charge in [-0.15, -0.1) is 0 Å².